The second-order valence-electron chi connectivity index (χ2n) is 7.01. The molecule has 1 aliphatic carbocycles. The molecule has 0 amide bonds. The molecule has 1 aliphatic heterocycles. The van der Waals surface area contributed by atoms with E-state index in [1.807, 2.05) is 7.05 Å². The molecular weight excluding hydrogens is 445 g/mol. The highest BCUT2D eigenvalue weighted by Gasteiger charge is 2.21. The normalized spacial score (nSPS) is 19.6. The van der Waals surface area contributed by atoms with Crippen LogP contribution >= 0.6 is 24.0 Å². The molecule has 7 heteroatoms. The molecule has 0 unspecified atom stereocenters. The zero-order chi connectivity index (χ0) is 17.7. The summed E-state index contributed by atoms with van der Waals surface area (Å²) in [6, 6.07) is 0. The van der Waals surface area contributed by atoms with Gasteiger partial charge in [-0.3, -0.25) is 4.99 Å². The zero-order valence-electron chi connectivity index (χ0n) is 16.6. The number of rotatable bonds is 10. The van der Waals surface area contributed by atoms with Crippen LogP contribution in [0.2, 0.25) is 0 Å². The summed E-state index contributed by atoms with van der Waals surface area (Å²) in [5, 5.41) is 3.48. The van der Waals surface area contributed by atoms with Gasteiger partial charge in [-0.15, -0.1) is 24.0 Å². The van der Waals surface area contributed by atoms with Crippen LogP contribution < -0.4 is 5.32 Å². The van der Waals surface area contributed by atoms with Crippen molar-refractivity contribution in [1.29, 1.82) is 0 Å². The summed E-state index contributed by atoms with van der Waals surface area (Å²) in [6.07, 6.45) is 10.2. The van der Waals surface area contributed by atoms with Gasteiger partial charge in [-0.1, -0.05) is 12.8 Å². The number of nitrogens with zero attached hydrogens (tertiary/aromatic N) is 2. The Morgan fingerprint density at radius 1 is 0.962 bits per heavy atom. The number of ether oxygens (including phenoxy) is 3. The lowest BCUT2D eigenvalue weighted by Crippen LogP contribution is -2.47. The molecule has 0 bridgehead atoms. The van der Waals surface area contributed by atoms with E-state index in [1.165, 1.54) is 25.7 Å². The van der Waals surface area contributed by atoms with Gasteiger partial charge in [-0.25, -0.2) is 0 Å². The standard InChI is InChI=1S/C19H37N3O3.HI/c1-20-19(21-11-5-15-24-17-7-3-4-8-17)22-12-9-18(10-13-22)25-16-6-14-23-2;/h17-18H,3-16H2,1-2H3,(H,20,21);1H. The van der Waals surface area contributed by atoms with Crippen LogP contribution in [0.1, 0.15) is 51.4 Å². The highest BCUT2D eigenvalue weighted by atomic mass is 127. The van der Waals surface area contributed by atoms with E-state index in [4.69, 9.17) is 14.2 Å². The van der Waals surface area contributed by atoms with E-state index in [0.717, 1.165) is 71.1 Å². The molecule has 2 aliphatic rings. The number of methoxy groups -OCH3 is 1. The first-order valence-corrected chi connectivity index (χ1v) is 10.0. The van der Waals surface area contributed by atoms with Crippen LogP contribution in [0, 0.1) is 0 Å². The second kappa shape index (κ2) is 14.9. The SMILES string of the molecule is CN=C(NCCCOC1CCCC1)N1CCC(OCCCOC)CC1.I. The highest BCUT2D eigenvalue weighted by molar-refractivity contribution is 14.0. The molecule has 2 fully saturated rings. The van der Waals surface area contributed by atoms with Gasteiger partial charge in [0.1, 0.15) is 0 Å². The maximum Gasteiger partial charge on any atom is 0.193 e. The van der Waals surface area contributed by atoms with Gasteiger partial charge in [0.25, 0.3) is 0 Å². The third-order valence-electron chi connectivity index (χ3n) is 5.06. The lowest BCUT2D eigenvalue weighted by molar-refractivity contribution is 0.00988. The molecule has 0 radical (unpaired) electrons. The van der Waals surface area contributed by atoms with Crippen molar-refractivity contribution in [3.8, 4) is 0 Å². The number of nitrogens with one attached hydrogen (secondary N) is 1. The van der Waals surface area contributed by atoms with Crippen LogP contribution in [0.3, 0.4) is 0 Å². The number of aliphatic imine (C=N–C) groups is 1. The third kappa shape index (κ3) is 9.19. The minimum Gasteiger partial charge on any atom is -0.385 e. The Morgan fingerprint density at radius 2 is 1.58 bits per heavy atom. The van der Waals surface area contributed by atoms with Crippen LogP contribution in [0.25, 0.3) is 0 Å². The first kappa shape index (κ1) is 23.9. The van der Waals surface area contributed by atoms with Gasteiger partial charge in [0.15, 0.2) is 5.96 Å². The molecule has 0 atom stereocenters. The van der Waals surface area contributed by atoms with E-state index in [2.05, 4.69) is 15.2 Å². The zero-order valence-corrected chi connectivity index (χ0v) is 18.9. The molecule has 0 aromatic heterocycles. The summed E-state index contributed by atoms with van der Waals surface area (Å²) in [7, 11) is 3.60. The topological polar surface area (TPSA) is 55.3 Å². The summed E-state index contributed by atoms with van der Waals surface area (Å²) in [5.41, 5.74) is 0. The lowest BCUT2D eigenvalue weighted by Gasteiger charge is -2.34. The number of hydrogen-bond donors (Lipinski definition) is 1. The Hall–Kier alpha value is -0.120. The number of hydrogen-bond acceptors (Lipinski definition) is 4. The predicted octanol–water partition coefficient (Wildman–Crippen LogP) is 3.05. The Balaban J connectivity index is 0.00000338. The van der Waals surface area contributed by atoms with Crippen molar-refractivity contribution in [3.05, 3.63) is 0 Å². The molecule has 1 saturated carbocycles. The molecule has 0 aromatic rings. The van der Waals surface area contributed by atoms with Crippen molar-refractivity contribution in [3.63, 3.8) is 0 Å². The Bertz CT molecular complexity index is 371. The largest absolute Gasteiger partial charge is 0.385 e. The quantitative estimate of drug-likeness (QED) is 0.224. The Kier molecular flexibility index (Phi) is 13.7. The summed E-state index contributed by atoms with van der Waals surface area (Å²) in [5.74, 6) is 1.01. The third-order valence-corrected chi connectivity index (χ3v) is 5.06. The molecular formula is C19H38IN3O3. The molecule has 2 rings (SSSR count). The van der Waals surface area contributed by atoms with E-state index in [9.17, 15) is 0 Å². The van der Waals surface area contributed by atoms with Crippen molar-refractivity contribution < 1.29 is 14.2 Å². The molecule has 1 saturated heterocycles. The van der Waals surface area contributed by atoms with Crippen molar-refractivity contribution in [2.45, 2.75) is 63.6 Å². The maximum absolute atomic E-state index is 5.93. The predicted molar refractivity (Wildman–Crippen MR) is 117 cm³/mol. The van der Waals surface area contributed by atoms with Gasteiger partial charge in [0, 0.05) is 53.6 Å². The van der Waals surface area contributed by atoms with Crippen LogP contribution in [0.4, 0.5) is 0 Å². The molecule has 154 valence electrons. The fourth-order valence-corrected chi connectivity index (χ4v) is 3.60. The smallest absolute Gasteiger partial charge is 0.193 e. The van der Waals surface area contributed by atoms with E-state index < -0.39 is 0 Å². The number of guanidine groups is 1. The minimum atomic E-state index is 0. The first-order chi connectivity index (χ1) is 12.3. The number of halogens is 1. The second-order valence-corrected chi connectivity index (χ2v) is 7.01. The van der Waals surface area contributed by atoms with E-state index in [0.29, 0.717) is 12.2 Å². The van der Waals surface area contributed by atoms with E-state index in [1.54, 1.807) is 7.11 Å². The molecule has 0 spiro atoms. The molecule has 26 heavy (non-hydrogen) atoms. The van der Waals surface area contributed by atoms with Crippen molar-refractivity contribution >= 4 is 29.9 Å². The minimum absolute atomic E-state index is 0. The summed E-state index contributed by atoms with van der Waals surface area (Å²) in [4.78, 5) is 6.77. The average Bonchev–Trinajstić information content (AvgIpc) is 3.16. The van der Waals surface area contributed by atoms with Crippen molar-refractivity contribution in [2.75, 3.05) is 53.6 Å². The maximum atomic E-state index is 5.93. The van der Waals surface area contributed by atoms with Crippen LogP contribution in [0.15, 0.2) is 4.99 Å². The summed E-state index contributed by atoms with van der Waals surface area (Å²) >= 11 is 0. The number of piperidine rings is 1. The van der Waals surface area contributed by atoms with Gasteiger partial charge >= 0.3 is 0 Å². The lowest BCUT2D eigenvalue weighted by atomic mass is 10.1. The Morgan fingerprint density at radius 3 is 2.19 bits per heavy atom. The number of likely N-dealkylation sites (tertiary alicyclic amines) is 1. The van der Waals surface area contributed by atoms with Crippen LogP contribution in [-0.4, -0.2) is 76.7 Å². The highest BCUT2D eigenvalue weighted by Crippen LogP contribution is 2.20. The van der Waals surface area contributed by atoms with Crippen LogP contribution in [0.5, 0.6) is 0 Å². The molecule has 1 N–H and O–H groups in total. The van der Waals surface area contributed by atoms with Crippen molar-refractivity contribution in [1.82, 2.24) is 10.2 Å². The average molecular weight is 483 g/mol. The van der Waals surface area contributed by atoms with E-state index in [-0.39, 0.29) is 24.0 Å². The molecule has 0 aromatic carbocycles. The fourth-order valence-electron chi connectivity index (χ4n) is 3.60. The first-order valence-electron chi connectivity index (χ1n) is 10.0. The fraction of sp³-hybridized carbons (Fsp3) is 0.947. The summed E-state index contributed by atoms with van der Waals surface area (Å²) < 4.78 is 16.9. The van der Waals surface area contributed by atoms with Gasteiger partial charge in [-0.2, -0.15) is 0 Å². The van der Waals surface area contributed by atoms with Crippen LogP contribution in [-0.2, 0) is 14.2 Å². The van der Waals surface area contributed by atoms with Gasteiger partial charge < -0.3 is 24.4 Å². The monoisotopic (exact) mass is 483 g/mol. The molecule has 1 heterocycles. The van der Waals surface area contributed by atoms with E-state index >= 15 is 0 Å². The van der Waals surface area contributed by atoms with Gasteiger partial charge in [0.05, 0.1) is 12.2 Å². The van der Waals surface area contributed by atoms with Crippen molar-refractivity contribution in [2.24, 2.45) is 4.99 Å². The Labute approximate surface area is 176 Å². The summed E-state index contributed by atoms with van der Waals surface area (Å²) in [6.45, 7) is 5.37. The molecule has 6 nitrogen and oxygen atoms in total. The van der Waals surface area contributed by atoms with Gasteiger partial charge in [-0.05, 0) is 38.5 Å². The van der Waals surface area contributed by atoms with Gasteiger partial charge in [0.2, 0.25) is 0 Å².